The molecule has 0 amide bonds. The molecule has 2 rings (SSSR count). The summed E-state index contributed by atoms with van der Waals surface area (Å²) in [4.78, 5) is 6.64. The van der Waals surface area contributed by atoms with Crippen LogP contribution in [0.5, 0.6) is 0 Å². The Morgan fingerprint density at radius 3 is 2.39 bits per heavy atom. The second-order valence-corrected chi connectivity index (χ2v) is 4.59. The van der Waals surface area contributed by atoms with Crippen LogP contribution in [0.1, 0.15) is 11.3 Å². The number of anilines is 1. The molecular formula is C13H20N2O3. The van der Waals surface area contributed by atoms with Gasteiger partial charge >= 0.3 is 0 Å². The van der Waals surface area contributed by atoms with Crippen LogP contribution in [-0.2, 0) is 16.1 Å². The number of hydrogen-bond donors (Lipinski definition) is 1. The molecule has 100 valence electrons. The highest BCUT2D eigenvalue weighted by molar-refractivity contribution is 5.44. The first-order chi connectivity index (χ1) is 8.67. The Hall–Kier alpha value is -1.17. The summed E-state index contributed by atoms with van der Waals surface area (Å²) in [7, 11) is 3.39. The maximum atomic E-state index is 9.23. The number of aryl methyl sites for hydroxylation is 1. The minimum atomic E-state index is 0.0333. The quantitative estimate of drug-likeness (QED) is 0.856. The molecule has 1 fully saturated rings. The molecule has 5 heteroatoms. The number of nitrogens with zero attached hydrogens (tertiary/aromatic N) is 2. The van der Waals surface area contributed by atoms with E-state index in [1.54, 1.807) is 14.2 Å². The molecule has 0 spiro atoms. The summed E-state index contributed by atoms with van der Waals surface area (Å²) in [6.45, 7) is 3.48. The molecule has 1 saturated heterocycles. The second kappa shape index (κ2) is 5.65. The first-order valence-corrected chi connectivity index (χ1v) is 6.07. The molecular weight excluding hydrogens is 232 g/mol. The molecule has 1 N–H and O–H groups in total. The highest BCUT2D eigenvalue weighted by atomic mass is 16.5. The van der Waals surface area contributed by atoms with Crippen molar-refractivity contribution >= 4 is 5.82 Å². The van der Waals surface area contributed by atoms with Crippen molar-refractivity contribution in [3.63, 3.8) is 0 Å². The van der Waals surface area contributed by atoms with E-state index >= 15 is 0 Å². The zero-order valence-electron chi connectivity index (χ0n) is 11.1. The van der Waals surface area contributed by atoms with Crippen LogP contribution >= 0.6 is 0 Å². The Kier molecular flexibility index (Phi) is 4.16. The van der Waals surface area contributed by atoms with Crippen LogP contribution in [0.25, 0.3) is 0 Å². The molecule has 1 aliphatic rings. The van der Waals surface area contributed by atoms with Crippen molar-refractivity contribution in [2.75, 3.05) is 32.2 Å². The molecule has 0 radical (unpaired) electrons. The summed E-state index contributed by atoms with van der Waals surface area (Å²) in [6.07, 6.45) is 0.129. The molecule has 2 atom stereocenters. The third kappa shape index (κ3) is 2.63. The number of aliphatic hydroxyl groups is 1. The zero-order valence-corrected chi connectivity index (χ0v) is 11.1. The third-order valence-corrected chi connectivity index (χ3v) is 3.33. The maximum absolute atomic E-state index is 9.23. The van der Waals surface area contributed by atoms with Gasteiger partial charge < -0.3 is 19.5 Å². The van der Waals surface area contributed by atoms with Gasteiger partial charge in [0.05, 0.1) is 6.61 Å². The minimum absolute atomic E-state index is 0.0333. The van der Waals surface area contributed by atoms with Crippen molar-refractivity contribution in [3.8, 4) is 0 Å². The van der Waals surface area contributed by atoms with Gasteiger partial charge in [-0.1, -0.05) is 0 Å². The Labute approximate surface area is 107 Å². The Morgan fingerprint density at radius 2 is 1.89 bits per heavy atom. The van der Waals surface area contributed by atoms with Gasteiger partial charge in [0, 0.05) is 33.0 Å². The van der Waals surface area contributed by atoms with E-state index in [-0.39, 0.29) is 18.8 Å². The lowest BCUT2D eigenvalue weighted by Crippen LogP contribution is -2.27. The number of rotatable bonds is 4. The SMILES string of the molecule is COC1CN(c2cc(CO)cc(C)n2)CC1OC. The van der Waals surface area contributed by atoms with Gasteiger partial charge in [-0.25, -0.2) is 4.98 Å². The van der Waals surface area contributed by atoms with Crippen LogP contribution in [0.2, 0.25) is 0 Å². The van der Waals surface area contributed by atoms with E-state index < -0.39 is 0 Å². The summed E-state index contributed by atoms with van der Waals surface area (Å²) in [5.74, 6) is 0.876. The first kappa shape index (κ1) is 13.3. The number of pyridine rings is 1. The van der Waals surface area contributed by atoms with Crippen molar-refractivity contribution in [2.45, 2.75) is 25.7 Å². The Balaban J connectivity index is 2.20. The van der Waals surface area contributed by atoms with Gasteiger partial charge in [-0.15, -0.1) is 0 Å². The maximum Gasteiger partial charge on any atom is 0.129 e. The number of aliphatic hydroxyl groups excluding tert-OH is 1. The van der Waals surface area contributed by atoms with Gasteiger partial charge in [0.15, 0.2) is 0 Å². The largest absolute Gasteiger partial charge is 0.392 e. The highest BCUT2D eigenvalue weighted by Gasteiger charge is 2.33. The average molecular weight is 252 g/mol. The van der Waals surface area contributed by atoms with E-state index in [1.165, 1.54) is 0 Å². The highest BCUT2D eigenvalue weighted by Crippen LogP contribution is 2.23. The fourth-order valence-corrected chi connectivity index (χ4v) is 2.36. The van der Waals surface area contributed by atoms with Gasteiger partial charge in [0.2, 0.25) is 0 Å². The van der Waals surface area contributed by atoms with Crippen LogP contribution in [-0.4, -0.2) is 49.6 Å². The number of methoxy groups -OCH3 is 2. The lowest BCUT2D eigenvalue weighted by Gasteiger charge is -2.18. The van der Waals surface area contributed by atoms with Crippen LogP contribution in [0.3, 0.4) is 0 Å². The topological polar surface area (TPSA) is 54.8 Å². The van der Waals surface area contributed by atoms with Gasteiger partial charge in [0.1, 0.15) is 18.0 Å². The van der Waals surface area contributed by atoms with Gasteiger partial charge in [-0.3, -0.25) is 0 Å². The number of hydrogen-bond acceptors (Lipinski definition) is 5. The summed E-state index contributed by atoms with van der Waals surface area (Å²) in [6, 6.07) is 3.80. The monoisotopic (exact) mass is 252 g/mol. The molecule has 1 aliphatic heterocycles. The summed E-state index contributed by atoms with van der Waals surface area (Å²) in [5, 5.41) is 9.23. The van der Waals surface area contributed by atoms with Gasteiger partial charge in [-0.05, 0) is 24.6 Å². The molecule has 1 aromatic heterocycles. The molecule has 0 aliphatic carbocycles. The van der Waals surface area contributed by atoms with E-state index in [4.69, 9.17) is 9.47 Å². The Bertz CT molecular complexity index is 399. The van der Waals surface area contributed by atoms with Crippen LogP contribution < -0.4 is 4.90 Å². The molecule has 18 heavy (non-hydrogen) atoms. The van der Waals surface area contributed by atoms with Crippen molar-refractivity contribution in [1.29, 1.82) is 0 Å². The fraction of sp³-hybridized carbons (Fsp3) is 0.615. The van der Waals surface area contributed by atoms with E-state index in [0.717, 1.165) is 30.2 Å². The summed E-state index contributed by atoms with van der Waals surface area (Å²) < 4.78 is 10.8. The summed E-state index contributed by atoms with van der Waals surface area (Å²) in [5.41, 5.74) is 1.79. The van der Waals surface area contributed by atoms with Crippen LogP contribution in [0.15, 0.2) is 12.1 Å². The standard InChI is InChI=1S/C13H20N2O3/c1-9-4-10(8-16)5-13(14-9)15-6-11(17-2)12(7-15)18-3/h4-5,11-12,16H,6-8H2,1-3H3. The van der Waals surface area contributed by atoms with Gasteiger partial charge in [0.25, 0.3) is 0 Å². The first-order valence-electron chi connectivity index (χ1n) is 6.07. The van der Waals surface area contributed by atoms with E-state index in [2.05, 4.69) is 9.88 Å². The minimum Gasteiger partial charge on any atom is -0.392 e. The molecule has 0 bridgehead atoms. The van der Waals surface area contributed by atoms with Crippen LogP contribution in [0.4, 0.5) is 5.82 Å². The van der Waals surface area contributed by atoms with E-state index in [9.17, 15) is 5.11 Å². The Morgan fingerprint density at radius 1 is 1.28 bits per heavy atom. The van der Waals surface area contributed by atoms with Crippen molar-refractivity contribution in [1.82, 2.24) is 4.98 Å². The predicted molar refractivity (Wildman–Crippen MR) is 68.7 cm³/mol. The van der Waals surface area contributed by atoms with Crippen molar-refractivity contribution in [2.24, 2.45) is 0 Å². The average Bonchev–Trinajstić information content (AvgIpc) is 2.81. The van der Waals surface area contributed by atoms with E-state index in [1.807, 2.05) is 19.1 Å². The van der Waals surface area contributed by atoms with E-state index in [0.29, 0.717) is 0 Å². The smallest absolute Gasteiger partial charge is 0.129 e. The molecule has 5 nitrogen and oxygen atoms in total. The van der Waals surface area contributed by atoms with Crippen molar-refractivity contribution < 1.29 is 14.6 Å². The van der Waals surface area contributed by atoms with Crippen molar-refractivity contribution in [3.05, 3.63) is 23.4 Å². The lowest BCUT2D eigenvalue weighted by atomic mass is 10.2. The fourth-order valence-electron chi connectivity index (χ4n) is 2.36. The lowest BCUT2D eigenvalue weighted by molar-refractivity contribution is -0.00461. The number of ether oxygens (including phenoxy) is 2. The molecule has 0 saturated carbocycles. The normalized spacial score (nSPS) is 23.7. The predicted octanol–water partition coefficient (Wildman–Crippen LogP) is 0.732. The second-order valence-electron chi connectivity index (χ2n) is 4.59. The third-order valence-electron chi connectivity index (χ3n) is 3.33. The molecule has 2 unspecified atom stereocenters. The van der Waals surface area contributed by atoms with Gasteiger partial charge in [-0.2, -0.15) is 0 Å². The molecule has 1 aromatic rings. The molecule has 0 aromatic carbocycles. The zero-order chi connectivity index (χ0) is 13.1. The van der Waals surface area contributed by atoms with Crippen LogP contribution in [0, 0.1) is 6.92 Å². The summed E-state index contributed by atoms with van der Waals surface area (Å²) >= 11 is 0. The molecule has 2 heterocycles. The number of aromatic nitrogens is 1.